The number of nitrogens with two attached hydrogens (primary N) is 1. The lowest BCUT2D eigenvalue weighted by Gasteiger charge is -2.16. The lowest BCUT2D eigenvalue weighted by Crippen LogP contribution is -2.38. The lowest BCUT2D eigenvalue weighted by molar-refractivity contribution is -0.148. The summed E-state index contributed by atoms with van der Waals surface area (Å²) in [4.78, 5) is 11.4. The van der Waals surface area contributed by atoms with E-state index in [0.29, 0.717) is 19.8 Å². The van der Waals surface area contributed by atoms with E-state index in [4.69, 9.17) is 15.2 Å². The Bertz CT molecular complexity index is 173. The average Bonchev–Trinajstić information content (AvgIpc) is 2.26. The zero-order valence-corrected chi connectivity index (χ0v) is 9.99. The van der Waals surface area contributed by atoms with Crippen molar-refractivity contribution in [2.75, 3.05) is 19.8 Å². The number of rotatable bonds is 8. The van der Waals surface area contributed by atoms with Crippen molar-refractivity contribution in [1.82, 2.24) is 0 Å². The molecule has 0 aliphatic carbocycles. The summed E-state index contributed by atoms with van der Waals surface area (Å²) in [5, 5.41) is 0. The van der Waals surface area contributed by atoms with Gasteiger partial charge < -0.3 is 15.2 Å². The van der Waals surface area contributed by atoms with Gasteiger partial charge in [-0.25, -0.2) is 0 Å². The van der Waals surface area contributed by atoms with E-state index in [9.17, 15) is 4.79 Å². The van der Waals surface area contributed by atoms with Crippen LogP contribution in [0, 0.1) is 5.92 Å². The van der Waals surface area contributed by atoms with Gasteiger partial charge in [0.25, 0.3) is 0 Å². The largest absolute Gasteiger partial charge is 0.462 e. The number of hydrogen-bond donors (Lipinski definition) is 1. The van der Waals surface area contributed by atoms with Crippen LogP contribution in [0.25, 0.3) is 0 Å². The van der Waals surface area contributed by atoms with Gasteiger partial charge in [0.1, 0.15) is 12.6 Å². The summed E-state index contributed by atoms with van der Waals surface area (Å²) in [5.74, 6) is -0.168. The lowest BCUT2D eigenvalue weighted by atomic mass is 10.0. The quantitative estimate of drug-likeness (QED) is 0.492. The topological polar surface area (TPSA) is 61.5 Å². The molecule has 0 bridgehead atoms. The second-order valence-electron chi connectivity index (χ2n) is 3.69. The van der Waals surface area contributed by atoms with Crippen LogP contribution in [0.3, 0.4) is 0 Å². The van der Waals surface area contributed by atoms with Crippen molar-refractivity contribution in [3.05, 3.63) is 0 Å². The smallest absolute Gasteiger partial charge is 0.323 e. The van der Waals surface area contributed by atoms with E-state index in [1.807, 2.05) is 20.8 Å². The fourth-order valence-corrected chi connectivity index (χ4v) is 1.03. The summed E-state index contributed by atoms with van der Waals surface area (Å²) in [6.45, 7) is 7.43. The van der Waals surface area contributed by atoms with E-state index in [1.165, 1.54) is 0 Å². The molecule has 0 amide bonds. The number of hydrogen-bond acceptors (Lipinski definition) is 4. The maximum Gasteiger partial charge on any atom is 0.323 e. The normalized spacial score (nSPS) is 14.7. The molecule has 4 nitrogen and oxygen atoms in total. The summed E-state index contributed by atoms with van der Waals surface area (Å²) < 4.78 is 10.2. The molecule has 0 aliphatic heterocycles. The molecular formula is C11H23NO3. The molecule has 2 atom stereocenters. The highest BCUT2D eigenvalue weighted by Gasteiger charge is 2.20. The maximum absolute atomic E-state index is 11.4. The molecule has 2 unspecified atom stereocenters. The summed E-state index contributed by atoms with van der Waals surface area (Å²) >= 11 is 0. The number of carbonyl (C=O) groups is 1. The molecule has 0 aromatic carbocycles. The van der Waals surface area contributed by atoms with Gasteiger partial charge >= 0.3 is 5.97 Å². The molecule has 0 aliphatic rings. The highest BCUT2D eigenvalue weighted by Crippen LogP contribution is 2.06. The van der Waals surface area contributed by atoms with Crippen molar-refractivity contribution < 1.29 is 14.3 Å². The Labute approximate surface area is 92.1 Å². The monoisotopic (exact) mass is 217 g/mol. The van der Waals surface area contributed by atoms with Crippen molar-refractivity contribution in [2.24, 2.45) is 11.7 Å². The maximum atomic E-state index is 11.4. The zero-order valence-electron chi connectivity index (χ0n) is 9.99. The minimum absolute atomic E-state index is 0.161. The molecule has 15 heavy (non-hydrogen) atoms. The second kappa shape index (κ2) is 8.68. The van der Waals surface area contributed by atoms with Crippen molar-refractivity contribution in [3.63, 3.8) is 0 Å². The number of esters is 1. The Morgan fingerprint density at radius 3 is 2.47 bits per heavy atom. The van der Waals surface area contributed by atoms with Gasteiger partial charge in [0.05, 0.1) is 6.61 Å². The third kappa shape index (κ3) is 6.47. The molecule has 2 N–H and O–H groups in total. The number of ether oxygens (including phenoxy) is 2. The summed E-state index contributed by atoms with van der Waals surface area (Å²) in [6, 6.07) is -0.513. The molecule has 0 saturated carbocycles. The Morgan fingerprint density at radius 1 is 1.27 bits per heavy atom. The molecule has 0 aromatic rings. The van der Waals surface area contributed by atoms with Crippen LogP contribution in [-0.2, 0) is 14.3 Å². The van der Waals surface area contributed by atoms with Crippen LogP contribution in [0.1, 0.15) is 33.6 Å². The van der Waals surface area contributed by atoms with E-state index in [0.717, 1.165) is 12.8 Å². The molecule has 0 radical (unpaired) electrons. The Hall–Kier alpha value is -0.610. The Kier molecular flexibility index (Phi) is 8.33. The van der Waals surface area contributed by atoms with Crippen molar-refractivity contribution >= 4 is 5.97 Å². The molecule has 0 saturated heterocycles. The molecule has 90 valence electrons. The van der Waals surface area contributed by atoms with Crippen molar-refractivity contribution in [2.45, 2.75) is 39.7 Å². The molecule has 0 rings (SSSR count). The van der Waals surface area contributed by atoms with Gasteiger partial charge in [0, 0.05) is 6.61 Å². The van der Waals surface area contributed by atoms with Gasteiger partial charge in [-0.2, -0.15) is 0 Å². The highest BCUT2D eigenvalue weighted by molar-refractivity contribution is 5.75. The summed E-state index contributed by atoms with van der Waals surface area (Å²) in [5.41, 5.74) is 5.70. The first-order chi connectivity index (χ1) is 7.13. The highest BCUT2D eigenvalue weighted by atomic mass is 16.6. The average molecular weight is 217 g/mol. The molecule has 0 spiro atoms. The van der Waals surface area contributed by atoms with Crippen LogP contribution in [-0.4, -0.2) is 31.8 Å². The Morgan fingerprint density at radius 2 is 1.93 bits per heavy atom. The van der Waals surface area contributed by atoms with Gasteiger partial charge in [0.2, 0.25) is 0 Å². The molecule has 0 heterocycles. The summed E-state index contributed by atoms with van der Waals surface area (Å²) in [7, 11) is 0. The zero-order chi connectivity index (χ0) is 11.7. The molecular weight excluding hydrogens is 194 g/mol. The standard InChI is InChI=1S/C11H23NO3/c1-4-6-14-7-8-15-11(13)10(12)9(3)5-2/h9-10H,4-8,12H2,1-3H3. The van der Waals surface area contributed by atoms with Crippen molar-refractivity contribution in [1.29, 1.82) is 0 Å². The van der Waals surface area contributed by atoms with E-state index in [-0.39, 0.29) is 11.9 Å². The first kappa shape index (κ1) is 14.4. The van der Waals surface area contributed by atoms with Gasteiger partial charge in [0.15, 0.2) is 0 Å². The fourth-order valence-electron chi connectivity index (χ4n) is 1.03. The van der Waals surface area contributed by atoms with E-state index in [1.54, 1.807) is 0 Å². The summed E-state index contributed by atoms with van der Waals surface area (Å²) in [6.07, 6.45) is 1.85. The Balaban J connectivity index is 3.56. The van der Waals surface area contributed by atoms with E-state index >= 15 is 0 Å². The van der Waals surface area contributed by atoms with Crippen LogP contribution in [0.2, 0.25) is 0 Å². The molecule has 0 fully saturated rings. The van der Waals surface area contributed by atoms with Crippen LogP contribution >= 0.6 is 0 Å². The van der Waals surface area contributed by atoms with Crippen LogP contribution in [0.5, 0.6) is 0 Å². The fraction of sp³-hybridized carbons (Fsp3) is 0.909. The van der Waals surface area contributed by atoms with Crippen LogP contribution in [0.4, 0.5) is 0 Å². The SMILES string of the molecule is CCCOCCOC(=O)C(N)C(C)CC. The van der Waals surface area contributed by atoms with Crippen LogP contribution < -0.4 is 5.73 Å². The first-order valence-electron chi connectivity index (χ1n) is 5.63. The predicted molar refractivity (Wildman–Crippen MR) is 59.5 cm³/mol. The van der Waals surface area contributed by atoms with Crippen LogP contribution in [0.15, 0.2) is 0 Å². The third-order valence-corrected chi connectivity index (χ3v) is 2.35. The van der Waals surface area contributed by atoms with E-state index in [2.05, 4.69) is 0 Å². The van der Waals surface area contributed by atoms with Gasteiger partial charge in [-0.15, -0.1) is 0 Å². The van der Waals surface area contributed by atoms with Gasteiger partial charge in [-0.05, 0) is 12.3 Å². The molecule has 0 aromatic heterocycles. The minimum Gasteiger partial charge on any atom is -0.462 e. The first-order valence-corrected chi connectivity index (χ1v) is 5.63. The number of carbonyl (C=O) groups excluding carboxylic acids is 1. The van der Waals surface area contributed by atoms with Gasteiger partial charge in [-0.1, -0.05) is 27.2 Å². The van der Waals surface area contributed by atoms with E-state index < -0.39 is 6.04 Å². The minimum atomic E-state index is -0.513. The van der Waals surface area contributed by atoms with Crippen molar-refractivity contribution in [3.8, 4) is 0 Å². The van der Waals surface area contributed by atoms with Gasteiger partial charge in [-0.3, -0.25) is 4.79 Å². The third-order valence-electron chi connectivity index (χ3n) is 2.35. The second-order valence-corrected chi connectivity index (χ2v) is 3.69. The predicted octanol–water partition coefficient (Wildman–Crippen LogP) is 1.33. The molecule has 4 heteroatoms.